The van der Waals surface area contributed by atoms with Crippen LogP contribution in [-0.4, -0.2) is 17.9 Å². The Morgan fingerprint density at radius 1 is 1.64 bits per heavy atom. The molecule has 0 aliphatic carbocycles. The molecule has 0 spiro atoms. The number of aryl methyl sites for hydroxylation is 1. The highest BCUT2D eigenvalue weighted by Gasteiger charge is 1.90. The number of rotatable bonds is 5. The van der Waals surface area contributed by atoms with Crippen molar-refractivity contribution in [2.45, 2.75) is 12.8 Å². The molecule has 0 aliphatic rings. The summed E-state index contributed by atoms with van der Waals surface area (Å²) >= 11 is 0. The highest BCUT2D eigenvalue weighted by atomic mass is 16.1. The maximum absolute atomic E-state index is 9.85. The van der Waals surface area contributed by atoms with Crippen LogP contribution in [0.1, 0.15) is 12.0 Å². The molecule has 0 bridgehead atoms. The van der Waals surface area contributed by atoms with Crippen LogP contribution >= 0.6 is 0 Å². The van der Waals surface area contributed by atoms with Crippen LogP contribution < -0.4 is 5.32 Å². The SMILES string of the molecule is O=CNCCCc1cc[nH]c1. The van der Waals surface area contributed by atoms with Gasteiger partial charge in [0.05, 0.1) is 0 Å². The Kier molecular flexibility index (Phi) is 3.25. The minimum absolute atomic E-state index is 0.733. The van der Waals surface area contributed by atoms with Gasteiger partial charge >= 0.3 is 0 Å². The lowest BCUT2D eigenvalue weighted by molar-refractivity contribution is -0.109. The summed E-state index contributed by atoms with van der Waals surface area (Å²) in [5.74, 6) is 0. The second-order valence-corrected chi connectivity index (χ2v) is 2.39. The second-order valence-electron chi connectivity index (χ2n) is 2.39. The molecule has 0 aliphatic heterocycles. The molecule has 1 aromatic heterocycles. The normalized spacial score (nSPS) is 9.45. The fourth-order valence-corrected chi connectivity index (χ4v) is 0.967. The molecular weight excluding hydrogens is 140 g/mol. The van der Waals surface area contributed by atoms with Crippen LogP contribution in [0.5, 0.6) is 0 Å². The minimum atomic E-state index is 0.733. The second kappa shape index (κ2) is 4.55. The van der Waals surface area contributed by atoms with Gasteiger partial charge in [0, 0.05) is 18.9 Å². The van der Waals surface area contributed by atoms with E-state index in [1.807, 2.05) is 18.5 Å². The number of carbonyl (C=O) groups excluding carboxylic acids is 1. The average molecular weight is 152 g/mol. The number of aromatic amines is 1. The van der Waals surface area contributed by atoms with E-state index in [1.165, 1.54) is 5.56 Å². The van der Waals surface area contributed by atoms with Crippen molar-refractivity contribution in [3.8, 4) is 0 Å². The van der Waals surface area contributed by atoms with Crippen LogP contribution in [0, 0.1) is 0 Å². The molecule has 3 heteroatoms. The fraction of sp³-hybridized carbons (Fsp3) is 0.375. The molecule has 0 unspecified atom stereocenters. The summed E-state index contributed by atoms with van der Waals surface area (Å²) in [6.07, 6.45) is 6.63. The molecule has 0 saturated carbocycles. The first-order valence-corrected chi connectivity index (χ1v) is 3.72. The summed E-state index contributed by atoms with van der Waals surface area (Å²) in [6, 6.07) is 2.04. The van der Waals surface area contributed by atoms with Crippen LogP contribution in [0.15, 0.2) is 18.5 Å². The van der Waals surface area contributed by atoms with Gasteiger partial charge in [-0.1, -0.05) is 0 Å². The van der Waals surface area contributed by atoms with Gasteiger partial charge in [-0.2, -0.15) is 0 Å². The zero-order valence-corrected chi connectivity index (χ0v) is 6.34. The lowest BCUT2D eigenvalue weighted by atomic mass is 10.2. The molecule has 0 radical (unpaired) electrons. The van der Waals surface area contributed by atoms with Crippen molar-refractivity contribution in [3.05, 3.63) is 24.0 Å². The Hall–Kier alpha value is -1.25. The first-order chi connectivity index (χ1) is 5.43. The van der Waals surface area contributed by atoms with Crippen molar-refractivity contribution in [3.63, 3.8) is 0 Å². The van der Waals surface area contributed by atoms with E-state index < -0.39 is 0 Å². The Morgan fingerprint density at radius 3 is 3.18 bits per heavy atom. The Balaban J connectivity index is 2.09. The number of hydrogen-bond acceptors (Lipinski definition) is 1. The van der Waals surface area contributed by atoms with Crippen molar-refractivity contribution in [1.29, 1.82) is 0 Å². The van der Waals surface area contributed by atoms with Crippen molar-refractivity contribution in [2.24, 2.45) is 0 Å². The molecule has 1 amide bonds. The van der Waals surface area contributed by atoms with E-state index in [0.717, 1.165) is 25.8 Å². The topological polar surface area (TPSA) is 44.9 Å². The minimum Gasteiger partial charge on any atom is -0.367 e. The van der Waals surface area contributed by atoms with Crippen LogP contribution in [0.25, 0.3) is 0 Å². The lowest BCUT2D eigenvalue weighted by Gasteiger charge is -1.96. The third kappa shape index (κ3) is 2.89. The van der Waals surface area contributed by atoms with Gasteiger partial charge in [0.15, 0.2) is 0 Å². The monoisotopic (exact) mass is 152 g/mol. The number of hydrogen-bond donors (Lipinski definition) is 2. The maximum atomic E-state index is 9.85. The van der Waals surface area contributed by atoms with E-state index >= 15 is 0 Å². The van der Waals surface area contributed by atoms with Crippen molar-refractivity contribution < 1.29 is 4.79 Å². The van der Waals surface area contributed by atoms with E-state index in [9.17, 15) is 4.79 Å². The predicted molar refractivity (Wildman–Crippen MR) is 43.2 cm³/mol. The Morgan fingerprint density at radius 2 is 2.55 bits per heavy atom. The molecule has 1 rings (SSSR count). The lowest BCUT2D eigenvalue weighted by Crippen LogP contribution is -2.12. The standard InChI is InChI=1S/C8H12N2O/c11-7-10-4-1-2-8-3-5-9-6-8/h3,5-7,9H,1-2,4H2,(H,10,11). The number of carbonyl (C=O) groups is 1. The summed E-state index contributed by atoms with van der Waals surface area (Å²) in [4.78, 5) is 12.8. The van der Waals surface area contributed by atoms with Gasteiger partial charge in [0.25, 0.3) is 0 Å². The molecule has 3 nitrogen and oxygen atoms in total. The third-order valence-electron chi connectivity index (χ3n) is 1.53. The molecule has 0 saturated heterocycles. The van der Waals surface area contributed by atoms with E-state index in [1.54, 1.807) is 0 Å². The molecule has 1 aromatic rings. The highest BCUT2D eigenvalue weighted by Crippen LogP contribution is 1.99. The molecule has 0 fully saturated rings. The number of nitrogens with one attached hydrogen (secondary N) is 2. The summed E-state index contributed by atoms with van der Waals surface area (Å²) in [5.41, 5.74) is 1.29. The van der Waals surface area contributed by atoms with E-state index in [2.05, 4.69) is 10.3 Å². The zero-order chi connectivity index (χ0) is 7.94. The van der Waals surface area contributed by atoms with E-state index in [0.29, 0.717) is 0 Å². The van der Waals surface area contributed by atoms with Crippen LogP contribution in [0.2, 0.25) is 0 Å². The summed E-state index contributed by atoms with van der Waals surface area (Å²) in [6.45, 7) is 0.759. The predicted octanol–water partition coefficient (Wildman–Crippen LogP) is 0.693. The largest absolute Gasteiger partial charge is 0.367 e. The van der Waals surface area contributed by atoms with Crippen molar-refractivity contribution >= 4 is 6.41 Å². The maximum Gasteiger partial charge on any atom is 0.207 e. The number of aromatic nitrogens is 1. The van der Waals surface area contributed by atoms with Gasteiger partial charge in [0.1, 0.15) is 0 Å². The van der Waals surface area contributed by atoms with Gasteiger partial charge in [0.2, 0.25) is 6.41 Å². The molecule has 2 N–H and O–H groups in total. The number of H-pyrrole nitrogens is 1. The van der Waals surface area contributed by atoms with Crippen LogP contribution in [-0.2, 0) is 11.2 Å². The summed E-state index contributed by atoms with van der Waals surface area (Å²) in [7, 11) is 0. The molecule has 0 aromatic carbocycles. The van der Waals surface area contributed by atoms with Gasteiger partial charge in [-0.25, -0.2) is 0 Å². The Bertz CT molecular complexity index is 194. The first-order valence-electron chi connectivity index (χ1n) is 3.72. The number of amides is 1. The molecular formula is C8H12N2O. The smallest absolute Gasteiger partial charge is 0.207 e. The highest BCUT2D eigenvalue weighted by molar-refractivity contribution is 5.45. The van der Waals surface area contributed by atoms with Gasteiger partial charge in [-0.15, -0.1) is 0 Å². The Labute approximate surface area is 65.8 Å². The first kappa shape index (κ1) is 7.85. The summed E-state index contributed by atoms with van der Waals surface area (Å²) < 4.78 is 0. The molecule has 11 heavy (non-hydrogen) atoms. The van der Waals surface area contributed by atoms with Crippen LogP contribution in [0.3, 0.4) is 0 Å². The summed E-state index contributed by atoms with van der Waals surface area (Å²) in [5, 5.41) is 2.62. The quantitative estimate of drug-likeness (QED) is 0.473. The van der Waals surface area contributed by atoms with Crippen molar-refractivity contribution in [2.75, 3.05) is 6.54 Å². The van der Waals surface area contributed by atoms with Crippen molar-refractivity contribution in [1.82, 2.24) is 10.3 Å². The van der Waals surface area contributed by atoms with Crippen LogP contribution in [0.4, 0.5) is 0 Å². The average Bonchev–Trinajstić information content (AvgIpc) is 2.50. The molecule has 0 atom stereocenters. The van der Waals surface area contributed by atoms with E-state index in [4.69, 9.17) is 0 Å². The van der Waals surface area contributed by atoms with Gasteiger partial charge < -0.3 is 10.3 Å². The van der Waals surface area contributed by atoms with Gasteiger partial charge in [-0.3, -0.25) is 4.79 Å². The zero-order valence-electron chi connectivity index (χ0n) is 6.34. The van der Waals surface area contributed by atoms with E-state index in [-0.39, 0.29) is 0 Å². The fourth-order valence-electron chi connectivity index (χ4n) is 0.967. The van der Waals surface area contributed by atoms with Gasteiger partial charge in [-0.05, 0) is 24.5 Å². The molecule has 60 valence electrons. The molecule has 1 heterocycles. The third-order valence-corrected chi connectivity index (χ3v) is 1.53.